The molecule has 2 aliphatic rings. The van der Waals surface area contributed by atoms with Crippen LogP contribution < -0.4 is 5.32 Å². The first-order valence-corrected chi connectivity index (χ1v) is 6.81. The lowest BCUT2D eigenvalue weighted by Gasteiger charge is -2.31. The molecular formula is C13H24N2O2. The predicted octanol–water partition coefficient (Wildman–Crippen LogP) is 1.01. The summed E-state index contributed by atoms with van der Waals surface area (Å²) in [6.45, 7) is 3.81. The molecular weight excluding hydrogens is 216 g/mol. The van der Waals surface area contributed by atoms with Crippen LogP contribution in [0.1, 0.15) is 32.1 Å². The van der Waals surface area contributed by atoms with Gasteiger partial charge in [0.2, 0.25) is 5.91 Å². The smallest absolute Gasteiger partial charge is 0.222 e. The second kappa shape index (κ2) is 6.36. The zero-order valence-electron chi connectivity index (χ0n) is 10.8. The summed E-state index contributed by atoms with van der Waals surface area (Å²) in [6.07, 6.45) is 4.97. The van der Waals surface area contributed by atoms with Gasteiger partial charge in [0.15, 0.2) is 0 Å². The first-order chi connectivity index (χ1) is 8.27. The Kier molecular flexibility index (Phi) is 4.80. The Labute approximate surface area is 104 Å². The summed E-state index contributed by atoms with van der Waals surface area (Å²) >= 11 is 0. The summed E-state index contributed by atoms with van der Waals surface area (Å²) in [7, 11) is 1.95. The normalized spacial score (nSPS) is 26.1. The third-order valence-corrected chi connectivity index (χ3v) is 4.06. The monoisotopic (exact) mass is 240 g/mol. The van der Waals surface area contributed by atoms with Crippen molar-refractivity contribution in [2.24, 2.45) is 5.92 Å². The van der Waals surface area contributed by atoms with E-state index in [1.54, 1.807) is 0 Å². The molecule has 17 heavy (non-hydrogen) atoms. The van der Waals surface area contributed by atoms with Crippen LogP contribution in [-0.2, 0) is 9.53 Å². The molecule has 1 N–H and O–H groups in total. The van der Waals surface area contributed by atoms with E-state index >= 15 is 0 Å². The topological polar surface area (TPSA) is 41.6 Å². The molecule has 2 saturated heterocycles. The van der Waals surface area contributed by atoms with Crippen LogP contribution in [0.3, 0.4) is 0 Å². The molecule has 2 rings (SSSR count). The van der Waals surface area contributed by atoms with E-state index in [0.29, 0.717) is 24.3 Å². The van der Waals surface area contributed by atoms with E-state index < -0.39 is 0 Å². The lowest BCUT2D eigenvalue weighted by atomic mass is 10.0. The highest BCUT2D eigenvalue weighted by molar-refractivity contribution is 5.76. The maximum Gasteiger partial charge on any atom is 0.222 e. The standard InChI is InChI=1S/C13H24N2O2/c1-15(12-5-8-17-9-6-12)13(16)3-2-11-4-7-14-10-11/h11-12,14H,2-10H2,1H3. The van der Waals surface area contributed by atoms with Gasteiger partial charge in [0, 0.05) is 32.7 Å². The van der Waals surface area contributed by atoms with Gasteiger partial charge in [0.25, 0.3) is 0 Å². The molecule has 0 aromatic rings. The number of rotatable bonds is 4. The molecule has 98 valence electrons. The van der Waals surface area contributed by atoms with E-state index in [0.717, 1.165) is 45.6 Å². The van der Waals surface area contributed by atoms with Gasteiger partial charge in [-0.25, -0.2) is 0 Å². The molecule has 2 heterocycles. The first-order valence-electron chi connectivity index (χ1n) is 6.81. The molecule has 1 atom stereocenters. The van der Waals surface area contributed by atoms with E-state index in [9.17, 15) is 4.79 Å². The fraction of sp³-hybridized carbons (Fsp3) is 0.923. The Hall–Kier alpha value is -0.610. The lowest BCUT2D eigenvalue weighted by molar-refractivity contribution is -0.133. The highest BCUT2D eigenvalue weighted by atomic mass is 16.5. The molecule has 4 nitrogen and oxygen atoms in total. The number of amides is 1. The van der Waals surface area contributed by atoms with Crippen molar-refractivity contribution < 1.29 is 9.53 Å². The maximum absolute atomic E-state index is 12.1. The number of nitrogens with one attached hydrogen (secondary N) is 1. The molecule has 0 aromatic heterocycles. The number of carbonyl (C=O) groups is 1. The zero-order chi connectivity index (χ0) is 12.1. The van der Waals surface area contributed by atoms with Crippen LogP contribution in [0.4, 0.5) is 0 Å². The number of carbonyl (C=O) groups excluding carboxylic acids is 1. The quantitative estimate of drug-likeness (QED) is 0.797. The zero-order valence-corrected chi connectivity index (χ0v) is 10.8. The Morgan fingerprint density at radius 2 is 2.12 bits per heavy atom. The van der Waals surface area contributed by atoms with Gasteiger partial charge in [-0.15, -0.1) is 0 Å². The number of hydrogen-bond acceptors (Lipinski definition) is 3. The van der Waals surface area contributed by atoms with Crippen LogP contribution in [0, 0.1) is 5.92 Å². The van der Waals surface area contributed by atoms with Crippen LogP contribution in [0.2, 0.25) is 0 Å². The van der Waals surface area contributed by atoms with E-state index in [1.807, 2.05) is 11.9 Å². The van der Waals surface area contributed by atoms with Crippen molar-refractivity contribution in [3.05, 3.63) is 0 Å². The van der Waals surface area contributed by atoms with Crippen molar-refractivity contribution in [1.82, 2.24) is 10.2 Å². The van der Waals surface area contributed by atoms with Crippen molar-refractivity contribution in [3.63, 3.8) is 0 Å². The van der Waals surface area contributed by atoms with Crippen LogP contribution in [0.5, 0.6) is 0 Å². The predicted molar refractivity (Wildman–Crippen MR) is 66.8 cm³/mol. The molecule has 0 radical (unpaired) electrons. The second-order valence-corrected chi connectivity index (χ2v) is 5.25. The lowest BCUT2D eigenvalue weighted by Crippen LogP contribution is -2.40. The molecule has 4 heteroatoms. The van der Waals surface area contributed by atoms with Gasteiger partial charge < -0.3 is 15.0 Å². The summed E-state index contributed by atoms with van der Waals surface area (Å²) in [4.78, 5) is 14.0. The minimum absolute atomic E-state index is 0.309. The molecule has 0 saturated carbocycles. The van der Waals surface area contributed by atoms with Crippen molar-refractivity contribution in [2.75, 3.05) is 33.4 Å². The van der Waals surface area contributed by atoms with Gasteiger partial charge in [-0.3, -0.25) is 4.79 Å². The number of hydrogen-bond donors (Lipinski definition) is 1. The van der Waals surface area contributed by atoms with Crippen molar-refractivity contribution >= 4 is 5.91 Å². The fourth-order valence-electron chi connectivity index (χ4n) is 2.74. The second-order valence-electron chi connectivity index (χ2n) is 5.25. The highest BCUT2D eigenvalue weighted by Gasteiger charge is 2.23. The molecule has 1 unspecified atom stereocenters. The molecule has 0 aromatic carbocycles. The van der Waals surface area contributed by atoms with Gasteiger partial charge in [-0.1, -0.05) is 0 Å². The highest BCUT2D eigenvalue weighted by Crippen LogP contribution is 2.18. The van der Waals surface area contributed by atoms with Crippen LogP contribution in [-0.4, -0.2) is 50.2 Å². The Balaban J connectivity index is 1.70. The number of ether oxygens (including phenoxy) is 1. The van der Waals surface area contributed by atoms with Gasteiger partial charge in [-0.05, 0) is 44.7 Å². The average Bonchev–Trinajstić information content (AvgIpc) is 2.89. The Morgan fingerprint density at radius 3 is 2.76 bits per heavy atom. The third kappa shape index (κ3) is 3.68. The minimum Gasteiger partial charge on any atom is -0.381 e. The third-order valence-electron chi connectivity index (χ3n) is 4.06. The SMILES string of the molecule is CN(C(=O)CCC1CCNC1)C1CCOCC1. The molecule has 2 aliphatic heterocycles. The Morgan fingerprint density at radius 1 is 1.35 bits per heavy atom. The molecule has 0 spiro atoms. The number of nitrogens with zero attached hydrogens (tertiary/aromatic N) is 1. The molecule has 2 fully saturated rings. The molecule has 1 amide bonds. The van der Waals surface area contributed by atoms with Crippen LogP contribution >= 0.6 is 0 Å². The van der Waals surface area contributed by atoms with E-state index in [4.69, 9.17) is 4.74 Å². The summed E-state index contributed by atoms with van der Waals surface area (Å²) < 4.78 is 5.32. The van der Waals surface area contributed by atoms with Crippen LogP contribution in [0.25, 0.3) is 0 Å². The van der Waals surface area contributed by atoms with Gasteiger partial charge in [0.1, 0.15) is 0 Å². The van der Waals surface area contributed by atoms with Crippen molar-refractivity contribution in [2.45, 2.75) is 38.1 Å². The van der Waals surface area contributed by atoms with Crippen molar-refractivity contribution in [1.29, 1.82) is 0 Å². The van der Waals surface area contributed by atoms with Gasteiger partial charge in [-0.2, -0.15) is 0 Å². The van der Waals surface area contributed by atoms with E-state index in [1.165, 1.54) is 6.42 Å². The van der Waals surface area contributed by atoms with Crippen molar-refractivity contribution in [3.8, 4) is 0 Å². The fourth-order valence-corrected chi connectivity index (χ4v) is 2.74. The van der Waals surface area contributed by atoms with E-state index in [2.05, 4.69) is 5.32 Å². The largest absolute Gasteiger partial charge is 0.381 e. The first kappa shape index (κ1) is 12.8. The van der Waals surface area contributed by atoms with Crippen LogP contribution in [0.15, 0.2) is 0 Å². The van der Waals surface area contributed by atoms with Gasteiger partial charge in [0.05, 0.1) is 0 Å². The molecule has 0 bridgehead atoms. The molecule has 0 aliphatic carbocycles. The van der Waals surface area contributed by atoms with E-state index in [-0.39, 0.29) is 0 Å². The minimum atomic E-state index is 0.309. The average molecular weight is 240 g/mol. The Bertz CT molecular complexity index is 246. The summed E-state index contributed by atoms with van der Waals surface area (Å²) in [5, 5.41) is 3.35. The summed E-state index contributed by atoms with van der Waals surface area (Å²) in [6, 6.07) is 0.401. The van der Waals surface area contributed by atoms with Gasteiger partial charge >= 0.3 is 0 Å². The maximum atomic E-state index is 12.1. The summed E-state index contributed by atoms with van der Waals surface area (Å²) in [5.41, 5.74) is 0. The summed E-state index contributed by atoms with van der Waals surface area (Å²) in [5.74, 6) is 1.02.